The number of amides is 2. The first-order valence-electron chi connectivity index (χ1n) is 8.22. The zero-order valence-electron chi connectivity index (χ0n) is 14.6. The molecule has 0 radical (unpaired) electrons. The van der Waals surface area contributed by atoms with Crippen LogP contribution >= 0.6 is 0 Å². The molecule has 1 aliphatic rings. The van der Waals surface area contributed by atoms with Gasteiger partial charge in [0, 0.05) is 12.1 Å². The van der Waals surface area contributed by atoms with Gasteiger partial charge in [-0.05, 0) is 30.7 Å². The molecular weight excluding hydrogens is 376 g/mol. The van der Waals surface area contributed by atoms with Gasteiger partial charge >= 0.3 is 0 Å². The maximum absolute atomic E-state index is 13.4. The van der Waals surface area contributed by atoms with E-state index in [1.54, 1.807) is 6.92 Å². The van der Waals surface area contributed by atoms with Crippen molar-refractivity contribution in [1.29, 1.82) is 0 Å². The fraction of sp³-hybridized carbons (Fsp3) is 0.222. The standard InChI is InChI=1S/C18H15F2N3O5/c1-10(11-2-4-13(19)14(20)6-11)21-17(24)8-22-15-7-12(23(26)27)3-5-16(15)28-9-18(22)25/h2-7,10H,8-9H2,1H3,(H,21,24). The summed E-state index contributed by atoms with van der Waals surface area (Å²) in [6.07, 6.45) is 0. The molecule has 0 fully saturated rings. The Bertz CT molecular complexity index is 966. The third kappa shape index (κ3) is 3.90. The van der Waals surface area contributed by atoms with Crippen molar-refractivity contribution < 1.29 is 28.0 Å². The molecule has 1 unspecified atom stereocenters. The van der Waals surface area contributed by atoms with E-state index in [0.29, 0.717) is 5.56 Å². The molecule has 0 saturated heterocycles. The van der Waals surface area contributed by atoms with E-state index < -0.39 is 41.0 Å². The van der Waals surface area contributed by atoms with Crippen LogP contribution in [-0.2, 0) is 9.59 Å². The Hall–Kier alpha value is -3.56. The molecule has 0 aliphatic carbocycles. The topological polar surface area (TPSA) is 102 Å². The minimum atomic E-state index is -1.04. The molecule has 2 amide bonds. The number of fused-ring (bicyclic) bond motifs is 1. The molecule has 3 rings (SSSR count). The lowest BCUT2D eigenvalue weighted by molar-refractivity contribution is -0.384. The van der Waals surface area contributed by atoms with Crippen molar-refractivity contribution in [3.63, 3.8) is 0 Å². The van der Waals surface area contributed by atoms with Crippen LogP contribution in [0.1, 0.15) is 18.5 Å². The monoisotopic (exact) mass is 391 g/mol. The highest BCUT2D eigenvalue weighted by molar-refractivity contribution is 6.02. The number of carbonyl (C=O) groups excluding carboxylic acids is 2. The molecule has 2 aromatic rings. The van der Waals surface area contributed by atoms with Gasteiger partial charge in [0.1, 0.15) is 12.3 Å². The van der Waals surface area contributed by atoms with Crippen LogP contribution in [0, 0.1) is 21.7 Å². The average Bonchev–Trinajstić information content (AvgIpc) is 2.65. The summed E-state index contributed by atoms with van der Waals surface area (Å²) in [6.45, 7) is 0.853. The zero-order valence-corrected chi connectivity index (χ0v) is 14.6. The second-order valence-electron chi connectivity index (χ2n) is 6.14. The zero-order chi connectivity index (χ0) is 20.4. The second kappa shape index (κ2) is 7.59. The average molecular weight is 391 g/mol. The van der Waals surface area contributed by atoms with Crippen molar-refractivity contribution in [1.82, 2.24) is 5.32 Å². The number of rotatable bonds is 5. The van der Waals surface area contributed by atoms with Crippen LogP contribution in [0.2, 0.25) is 0 Å². The van der Waals surface area contributed by atoms with Gasteiger partial charge in [-0.1, -0.05) is 6.07 Å². The van der Waals surface area contributed by atoms with Crippen molar-refractivity contribution in [2.24, 2.45) is 0 Å². The van der Waals surface area contributed by atoms with Gasteiger partial charge in [0.25, 0.3) is 11.6 Å². The van der Waals surface area contributed by atoms with Gasteiger partial charge < -0.3 is 10.1 Å². The molecule has 1 heterocycles. The van der Waals surface area contributed by atoms with Crippen molar-refractivity contribution in [2.45, 2.75) is 13.0 Å². The van der Waals surface area contributed by atoms with Crippen LogP contribution in [0.3, 0.4) is 0 Å². The predicted octanol–water partition coefficient (Wildman–Crippen LogP) is 2.48. The molecule has 1 aliphatic heterocycles. The third-order valence-corrected chi connectivity index (χ3v) is 4.22. The minimum absolute atomic E-state index is 0.112. The molecule has 146 valence electrons. The van der Waals surface area contributed by atoms with E-state index in [1.165, 1.54) is 18.2 Å². The van der Waals surface area contributed by atoms with Crippen LogP contribution < -0.4 is 15.0 Å². The molecule has 10 heteroatoms. The van der Waals surface area contributed by atoms with E-state index >= 15 is 0 Å². The van der Waals surface area contributed by atoms with E-state index in [2.05, 4.69) is 5.32 Å². The van der Waals surface area contributed by atoms with Gasteiger partial charge in [0.2, 0.25) is 5.91 Å². The fourth-order valence-electron chi connectivity index (χ4n) is 2.77. The number of ether oxygens (including phenoxy) is 1. The Morgan fingerprint density at radius 3 is 2.71 bits per heavy atom. The number of halogens is 2. The predicted molar refractivity (Wildman–Crippen MR) is 93.9 cm³/mol. The molecule has 1 atom stereocenters. The molecule has 0 aromatic heterocycles. The summed E-state index contributed by atoms with van der Waals surface area (Å²) in [5, 5.41) is 13.6. The summed E-state index contributed by atoms with van der Waals surface area (Å²) < 4.78 is 31.6. The Kier molecular flexibility index (Phi) is 5.21. The van der Waals surface area contributed by atoms with Gasteiger partial charge in [-0.15, -0.1) is 0 Å². The highest BCUT2D eigenvalue weighted by atomic mass is 19.2. The molecule has 2 aromatic carbocycles. The first-order chi connectivity index (χ1) is 13.3. The molecular formula is C18H15F2N3O5. The Labute approximate surface area is 157 Å². The third-order valence-electron chi connectivity index (χ3n) is 4.22. The maximum atomic E-state index is 13.4. The number of nitrogens with one attached hydrogen (secondary N) is 1. The lowest BCUT2D eigenvalue weighted by Crippen LogP contribution is -2.45. The molecule has 0 saturated carbocycles. The Morgan fingerprint density at radius 2 is 2.04 bits per heavy atom. The Balaban J connectivity index is 1.76. The number of nitro groups is 1. The smallest absolute Gasteiger partial charge is 0.271 e. The minimum Gasteiger partial charge on any atom is -0.482 e. The lowest BCUT2D eigenvalue weighted by Gasteiger charge is -2.29. The molecule has 1 N–H and O–H groups in total. The number of non-ortho nitro benzene ring substituents is 1. The van der Waals surface area contributed by atoms with Crippen LogP contribution in [0.25, 0.3) is 0 Å². The first kappa shape index (κ1) is 19.2. The van der Waals surface area contributed by atoms with E-state index in [1.807, 2.05) is 0 Å². The normalized spacial score (nSPS) is 14.1. The second-order valence-corrected chi connectivity index (χ2v) is 6.14. The van der Waals surface area contributed by atoms with Crippen LogP contribution in [-0.4, -0.2) is 29.9 Å². The number of hydrogen-bond acceptors (Lipinski definition) is 5. The summed E-state index contributed by atoms with van der Waals surface area (Å²) in [5.74, 6) is -2.91. The number of nitrogens with zero attached hydrogens (tertiary/aromatic N) is 2. The lowest BCUT2D eigenvalue weighted by atomic mass is 10.1. The molecule has 28 heavy (non-hydrogen) atoms. The fourth-order valence-corrected chi connectivity index (χ4v) is 2.77. The van der Waals surface area contributed by atoms with E-state index in [-0.39, 0.29) is 23.7 Å². The van der Waals surface area contributed by atoms with Crippen molar-refractivity contribution in [2.75, 3.05) is 18.1 Å². The van der Waals surface area contributed by atoms with Crippen molar-refractivity contribution >= 4 is 23.2 Å². The van der Waals surface area contributed by atoms with Crippen LogP contribution in [0.4, 0.5) is 20.2 Å². The quantitative estimate of drug-likeness (QED) is 0.623. The highest BCUT2D eigenvalue weighted by Gasteiger charge is 2.29. The first-order valence-corrected chi connectivity index (χ1v) is 8.22. The van der Waals surface area contributed by atoms with Gasteiger partial charge in [-0.2, -0.15) is 0 Å². The maximum Gasteiger partial charge on any atom is 0.271 e. The van der Waals surface area contributed by atoms with E-state index in [0.717, 1.165) is 23.1 Å². The van der Waals surface area contributed by atoms with Gasteiger partial charge in [0.05, 0.1) is 16.7 Å². The van der Waals surface area contributed by atoms with Crippen molar-refractivity contribution in [3.8, 4) is 5.75 Å². The van der Waals surface area contributed by atoms with Gasteiger partial charge in [-0.3, -0.25) is 24.6 Å². The van der Waals surface area contributed by atoms with Crippen molar-refractivity contribution in [3.05, 3.63) is 63.7 Å². The van der Waals surface area contributed by atoms with Crippen LogP contribution in [0.15, 0.2) is 36.4 Å². The largest absolute Gasteiger partial charge is 0.482 e. The van der Waals surface area contributed by atoms with Gasteiger partial charge in [-0.25, -0.2) is 8.78 Å². The SMILES string of the molecule is CC(NC(=O)CN1C(=O)COc2ccc([N+](=O)[O-])cc21)c1ccc(F)c(F)c1. The summed E-state index contributed by atoms with van der Waals surface area (Å²) >= 11 is 0. The van der Waals surface area contributed by atoms with Crippen LogP contribution in [0.5, 0.6) is 5.75 Å². The highest BCUT2D eigenvalue weighted by Crippen LogP contribution is 2.35. The van der Waals surface area contributed by atoms with Gasteiger partial charge in [0.15, 0.2) is 18.2 Å². The number of carbonyl (C=O) groups is 2. The summed E-state index contributed by atoms with van der Waals surface area (Å²) in [4.78, 5) is 36.0. The van der Waals surface area contributed by atoms with E-state index in [9.17, 15) is 28.5 Å². The molecule has 8 nitrogen and oxygen atoms in total. The number of hydrogen-bond donors (Lipinski definition) is 1. The Morgan fingerprint density at radius 1 is 1.29 bits per heavy atom. The summed E-state index contributed by atoms with van der Waals surface area (Å²) in [6, 6.07) is 6.35. The number of anilines is 1. The molecule has 0 spiro atoms. The van der Waals surface area contributed by atoms with E-state index in [4.69, 9.17) is 4.74 Å². The number of nitro benzene ring substituents is 1. The molecule has 0 bridgehead atoms. The number of benzene rings is 2. The summed E-state index contributed by atoms with van der Waals surface area (Å²) in [7, 11) is 0. The summed E-state index contributed by atoms with van der Waals surface area (Å²) in [5.41, 5.74) is 0.204.